The van der Waals surface area contributed by atoms with Crippen molar-refractivity contribution in [3.05, 3.63) is 70.5 Å². The molecule has 0 bridgehead atoms. The lowest BCUT2D eigenvalue weighted by atomic mass is 9.92. The van der Waals surface area contributed by atoms with Crippen molar-refractivity contribution >= 4 is 11.8 Å². The molecule has 5 nitrogen and oxygen atoms in total. The lowest BCUT2D eigenvalue weighted by Gasteiger charge is -2.35. The van der Waals surface area contributed by atoms with E-state index in [0.717, 1.165) is 17.2 Å². The Hall–Kier alpha value is -3.20. The number of fused-ring (bicyclic) bond motifs is 1. The van der Waals surface area contributed by atoms with Gasteiger partial charge >= 0.3 is 0 Å². The molecule has 25 heavy (non-hydrogen) atoms. The van der Waals surface area contributed by atoms with Gasteiger partial charge in [0.25, 0.3) is 5.91 Å². The molecule has 0 saturated carbocycles. The fourth-order valence-corrected chi connectivity index (χ4v) is 3.05. The van der Waals surface area contributed by atoms with E-state index in [1.807, 2.05) is 24.3 Å². The minimum Gasteiger partial charge on any atom is -0.357 e. The zero-order valence-electron chi connectivity index (χ0n) is 13.6. The van der Waals surface area contributed by atoms with Gasteiger partial charge in [-0.25, -0.2) is 4.39 Å². The van der Waals surface area contributed by atoms with E-state index in [-0.39, 0.29) is 23.6 Å². The minimum atomic E-state index is -0.675. The van der Waals surface area contributed by atoms with Gasteiger partial charge < -0.3 is 10.2 Å². The van der Waals surface area contributed by atoms with Gasteiger partial charge in [0.05, 0.1) is 5.56 Å². The summed E-state index contributed by atoms with van der Waals surface area (Å²) in [7, 11) is 1.52. The van der Waals surface area contributed by atoms with Crippen molar-refractivity contribution in [1.82, 2.24) is 10.2 Å². The van der Waals surface area contributed by atoms with Crippen LogP contribution in [0.2, 0.25) is 0 Å². The van der Waals surface area contributed by atoms with Crippen molar-refractivity contribution in [3.63, 3.8) is 0 Å². The number of carbonyl (C=O) groups excluding carboxylic acids is 2. The van der Waals surface area contributed by atoms with Gasteiger partial charge in [-0.3, -0.25) is 9.59 Å². The fourth-order valence-electron chi connectivity index (χ4n) is 3.05. The molecule has 0 aliphatic carbocycles. The summed E-state index contributed by atoms with van der Waals surface area (Å²) in [6.45, 7) is 0.284. The number of nitriles is 1. The summed E-state index contributed by atoms with van der Waals surface area (Å²) in [6.07, 6.45) is 0.411. The number of rotatable bonds is 2. The van der Waals surface area contributed by atoms with Crippen molar-refractivity contribution in [2.24, 2.45) is 0 Å². The van der Waals surface area contributed by atoms with Gasteiger partial charge in [0.1, 0.15) is 17.9 Å². The zero-order chi connectivity index (χ0) is 18.0. The molecular weight excluding hydrogens is 321 g/mol. The highest BCUT2D eigenvalue weighted by Crippen LogP contribution is 2.25. The van der Waals surface area contributed by atoms with E-state index >= 15 is 0 Å². The standard InChI is InChI=1S/C19H16FN3O2/c1-22-18(24)17-9-12-4-2-3-5-14(12)11-23(17)19(25)13-6-7-16(20)15(8-13)10-21/h2-8,17H,9,11H2,1H3,(H,22,24). The highest BCUT2D eigenvalue weighted by Gasteiger charge is 2.34. The first-order valence-corrected chi connectivity index (χ1v) is 7.84. The van der Waals surface area contributed by atoms with Crippen LogP contribution in [0, 0.1) is 17.1 Å². The fraction of sp³-hybridized carbons (Fsp3) is 0.211. The molecule has 126 valence electrons. The molecular formula is C19H16FN3O2. The largest absolute Gasteiger partial charge is 0.357 e. The van der Waals surface area contributed by atoms with E-state index in [9.17, 15) is 14.0 Å². The van der Waals surface area contributed by atoms with Crippen LogP contribution in [-0.2, 0) is 17.8 Å². The van der Waals surface area contributed by atoms with Crippen molar-refractivity contribution in [2.45, 2.75) is 19.0 Å². The third-order valence-electron chi connectivity index (χ3n) is 4.39. The van der Waals surface area contributed by atoms with Crippen LogP contribution < -0.4 is 5.32 Å². The molecule has 2 aromatic rings. The molecule has 1 N–H and O–H groups in total. The number of amides is 2. The van der Waals surface area contributed by atoms with Gasteiger partial charge in [0.2, 0.25) is 5.91 Å². The van der Waals surface area contributed by atoms with Crippen molar-refractivity contribution in [1.29, 1.82) is 5.26 Å². The van der Waals surface area contributed by atoms with Gasteiger partial charge in [-0.2, -0.15) is 5.26 Å². The quantitative estimate of drug-likeness (QED) is 0.911. The van der Waals surface area contributed by atoms with Crippen molar-refractivity contribution in [2.75, 3.05) is 7.05 Å². The number of halogens is 1. The molecule has 0 saturated heterocycles. The maximum absolute atomic E-state index is 13.5. The molecule has 2 aromatic carbocycles. The topological polar surface area (TPSA) is 73.2 Å². The van der Waals surface area contributed by atoms with E-state index in [2.05, 4.69) is 5.32 Å². The van der Waals surface area contributed by atoms with E-state index < -0.39 is 17.8 Å². The van der Waals surface area contributed by atoms with Crippen LogP contribution in [0.25, 0.3) is 0 Å². The third kappa shape index (κ3) is 3.09. The van der Waals surface area contributed by atoms with Gasteiger partial charge in [-0.15, -0.1) is 0 Å². The average Bonchev–Trinajstić information content (AvgIpc) is 2.66. The lowest BCUT2D eigenvalue weighted by Crippen LogP contribution is -2.51. The first kappa shape index (κ1) is 16.7. The second-order valence-electron chi connectivity index (χ2n) is 5.84. The van der Waals surface area contributed by atoms with E-state index in [1.165, 1.54) is 24.1 Å². The highest BCUT2D eigenvalue weighted by molar-refractivity contribution is 5.98. The van der Waals surface area contributed by atoms with Crippen LogP contribution in [0.1, 0.15) is 27.0 Å². The smallest absolute Gasteiger partial charge is 0.254 e. The van der Waals surface area contributed by atoms with Gasteiger partial charge in [-0.1, -0.05) is 24.3 Å². The molecule has 0 fully saturated rings. The number of hydrogen-bond acceptors (Lipinski definition) is 3. The molecule has 3 rings (SSSR count). The second-order valence-corrected chi connectivity index (χ2v) is 5.84. The van der Waals surface area contributed by atoms with E-state index in [1.54, 1.807) is 6.07 Å². The molecule has 1 unspecified atom stereocenters. The summed E-state index contributed by atoms with van der Waals surface area (Å²) in [5, 5.41) is 11.6. The number of nitrogens with zero attached hydrogens (tertiary/aromatic N) is 2. The van der Waals surface area contributed by atoms with Gasteiger partial charge in [0, 0.05) is 25.6 Å². The first-order valence-electron chi connectivity index (χ1n) is 7.84. The Morgan fingerprint density at radius 1 is 1.24 bits per heavy atom. The summed E-state index contributed by atoms with van der Waals surface area (Å²) in [5.41, 5.74) is 1.99. The predicted molar refractivity (Wildman–Crippen MR) is 89.0 cm³/mol. The summed E-state index contributed by atoms with van der Waals surface area (Å²) >= 11 is 0. The zero-order valence-corrected chi connectivity index (χ0v) is 13.6. The number of likely N-dealkylation sites (N-methyl/N-ethyl adjacent to an activating group) is 1. The van der Waals surface area contributed by atoms with Crippen molar-refractivity contribution < 1.29 is 14.0 Å². The van der Waals surface area contributed by atoms with E-state index in [4.69, 9.17) is 5.26 Å². The van der Waals surface area contributed by atoms with Crippen LogP contribution in [0.15, 0.2) is 42.5 Å². The van der Waals surface area contributed by atoms with E-state index in [0.29, 0.717) is 6.42 Å². The second kappa shape index (κ2) is 6.73. The molecule has 1 atom stereocenters. The van der Waals surface area contributed by atoms with Gasteiger partial charge in [-0.05, 0) is 29.3 Å². The summed E-state index contributed by atoms with van der Waals surface area (Å²) in [6, 6.07) is 12.4. The molecule has 0 aromatic heterocycles. The summed E-state index contributed by atoms with van der Waals surface area (Å²) in [5.74, 6) is -1.34. The monoisotopic (exact) mass is 337 g/mol. The normalized spacial score (nSPS) is 15.9. The maximum atomic E-state index is 13.5. The van der Waals surface area contributed by atoms with Gasteiger partial charge in [0.15, 0.2) is 0 Å². The molecule has 6 heteroatoms. The summed E-state index contributed by atoms with van der Waals surface area (Å²) in [4.78, 5) is 26.7. The molecule has 2 amide bonds. The van der Waals surface area contributed by atoms with Crippen LogP contribution >= 0.6 is 0 Å². The molecule has 1 aliphatic rings. The van der Waals surface area contributed by atoms with Crippen molar-refractivity contribution in [3.8, 4) is 6.07 Å². The number of hydrogen-bond donors (Lipinski definition) is 1. The molecule has 1 aliphatic heterocycles. The van der Waals surface area contributed by atoms with Crippen LogP contribution in [0.4, 0.5) is 4.39 Å². The first-order chi connectivity index (χ1) is 12.0. The minimum absolute atomic E-state index is 0.186. The number of benzene rings is 2. The Balaban J connectivity index is 1.99. The Morgan fingerprint density at radius 2 is 1.96 bits per heavy atom. The third-order valence-corrected chi connectivity index (χ3v) is 4.39. The molecule has 0 spiro atoms. The Kier molecular flexibility index (Phi) is 4.48. The lowest BCUT2D eigenvalue weighted by molar-refractivity contribution is -0.125. The Morgan fingerprint density at radius 3 is 2.64 bits per heavy atom. The SMILES string of the molecule is CNC(=O)C1Cc2ccccc2CN1C(=O)c1ccc(F)c(C#N)c1. The Bertz CT molecular complexity index is 888. The van der Waals surface area contributed by atoms with Crippen LogP contribution in [0.3, 0.4) is 0 Å². The highest BCUT2D eigenvalue weighted by atomic mass is 19.1. The van der Waals surface area contributed by atoms with Crippen LogP contribution in [-0.4, -0.2) is 29.8 Å². The number of nitrogens with one attached hydrogen (secondary N) is 1. The Labute approximate surface area is 144 Å². The molecule has 1 heterocycles. The van der Waals surface area contributed by atoms with Crippen LogP contribution in [0.5, 0.6) is 0 Å². The maximum Gasteiger partial charge on any atom is 0.254 e. The summed E-state index contributed by atoms with van der Waals surface area (Å²) < 4.78 is 13.5. The molecule has 0 radical (unpaired) electrons. The predicted octanol–water partition coefficient (Wildman–Crippen LogP) is 2.01. The number of carbonyl (C=O) groups is 2. The average molecular weight is 337 g/mol.